The lowest BCUT2D eigenvalue weighted by atomic mass is 10.1. The summed E-state index contributed by atoms with van der Waals surface area (Å²) < 4.78 is 1.68. The minimum Gasteiger partial charge on any atom is -0.350 e. The van der Waals surface area contributed by atoms with Gasteiger partial charge in [0.15, 0.2) is 0 Å². The minimum absolute atomic E-state index is 0.500. The standard InChI is InChI=1S/C10H21N5/c1-4-6-8-9(7-5-2)11-10-12-13-14-15(10)3/h9H,4-8H2,1-3H3,(H,11,12,14). The van der Waals surface area contributed by atoms with Gasteiger partial charge >= 0.3 is 0 Å². The molecule has 0 amide bonds. The molecule has 1 atom stereocenters. The summed E-state index contributed by atoms with van der Waals surface area (Å²) in [5, 5.41) is 14.7. The first kappa shape index (κ1) is 11.9. The van der Waals surface area contributed by atoms with Crippen LogP contribution in [0.15, 0.2) is 0 Å². The van der Waals surface area contributed by atoms with Gasteiger partial charge in [0.25, 0.3) is 0 Å². The van der Waals surface area contributed by atoms with Crippen LogP contribution in [-0.2, 0) is 7.05 Å². The zero-order valence-corrected chi connectivity index (χ0v) is 9.90. The van der Waals surface area contributed by atoms with Crippen LogP contribution in [0.1, 0.15) is 46.0 Å². The van der Waals surface area contributed by atoms with Crippen molar-refractivity contribution < 1.29 is 0 Å². The van der Waals surface area contributed by atoms with E-state index in [1.54, 1.807) is 4.68 Å². The first-order valence-corrected chi connectivity index (χ1v) is 5.76. The molecule has 1 N–H and O–H groups in total. The van der Waals surface area contributed by atoms with Gasteiger partial charge in [0.1, 0.15) is 0 Å². The van der Waals surface area contributed by atoms with Crippen molar-refractivity contribution in [1.82, 2.24) is 20.2 Å². The fourth-order valence-electron chi connectivity index (χ4n) is 1.62. The molecule has 86 valence electrons. The van der Waals surface area contributed by atoms with Crippen LogP contribution in [-0.4, -0.2) is 26.2 Å². The zero-order valence-electron chi connectivity index (χ0n) is 9.90. The van der Waals surface area contributed by atoms with Crippen molar-refractivity contribution >= 4 is 5.95 Å². The van der Waals surface area contributed by atoms with Crippen LogP contribution < -0.4 is 5.32 Å². The molecular formula is C10H21N5. The maximum absolute atomic E-state index is 3.94. The van der Waals surface area contributed by atoms with Crippen molar-refractivity contribution in [2.24, 2.45) is 7.05 Å². The quantitative estimate of drug-likeness (QED) is 0.749. The Labute approximate surface area is 91.2 Å². The van der Waals surface area contributed by atoms with Crippen molar-refractivity contribution in [3.05, 3.63) is 0 Å². The molecule has 1 aromatic rings. The molecule has 0 bridgehead atoms. The van der Waals surface area contributed by atoms with E-state index in [-0.39, 0.29) is 0 Å². The largest absolute Gasteiger partial charge is 0.350 e. The summed E-state index contributed by atoms with van der Waals surface area (Å²) in [4.78, 5) is 0. The maximum atomic E-state index is 3.94. The number of unbranched alkanes of at least 4 members (excludes halogenated alkanes) is 1. The Bertz CT molecular complexity index is 271. The molecule has 1 heterocycles. The van der Waals surface area contributed by atoms with E-state index in [4.69, 9.17) is 0 Å². The third kappa shape index (κ3) is 3.85. The summed E-state index contributed by atoms with van der Waals surface area (Å²) in [6.45, 7) is 4.42. The number of anilines is 1. The molecular weight excluding hydrogens is 190 g/mol. The molecule has 0 saturated carbocycles. The lowest BCUT2D eigenvalue weighted by Crippen LogP contribution is -2.21. The van der Waals surface area contributed by atoms with Crippen LogP contribution in [0.2, 0.25) is 0 Å². The summed E-state index contributed by atoms with van der Waals surface area (Å²) in [6, 6.07) is 0.500. The third-order valence-corrected chi connectivity index (χ3v) is 2.50. The molecule has 0 aliphatic rings. The predicted octanol–water partition coefficient (Wildman–Crippen LogP) is 1.98. The van der Waals surface area contributed by atoms with E-state index in [9.17, 15) is 0 Å². The highest BCUT2D eigenvalue weighted by atomic mass is 15.6. The molecule has 5 heteroatoms. The van der Waals surface area contributed by atoms with E-state index in [0.717, 1.165) is 5.95 Å². The average Bonchev–Trinajstić information content (AvgIpc) is 2.61. The number of hydrogen-bond acceptors (Lipinski definition) is 4. The van der Waals surface area contributed by atoms with Crippen molar-refractivity contribution in [3.63, 3.8) is 0 Å². The summed E-state index contributed by atoms with van der Waals surface area (Å²) in [5.41, 5.74) is 0. The van der Waals surface area contributed by atoms with Gasteiger partial charge in [0, 0.05) is 13.1 Å². The minimum atomic E-state index is 0.500. The second-order valence-corrected chi connectivity index (χ2v) is 3.90. The molecule has 1 unspecified atom stereocenters. The molecule has 0 radical (unpaired) electrons. The van der Waals surface area contributed by atoms with Gasteiger partial charge in [-0.3, -0.25) is 0 Å². The molecule has 0 saturated heterocycles. The Morgan fingerprint density at radius 2 is 2.07 bits per heavy atom. The van der Waals surface area contributed by atoms with E-state index >= 15 is 0 Å². The van der Waals surface area contributed by atoms with Gasteiger partial charge < -0.3 is 5.32 Å². The molecule has 5 nitrogen and oxygen atoms in total. The third-order valence-electron chi connectivity index (χ3n) is 2.50. The van der Waals surface area contributed by atoms with Gasteiger partial charge in [-0.05, 0) is 23.3 Å². The lowest BCUT2D eigenvalue weighted by molar-refractivity contribution is 0.556. The van der Waals surface area contributed by atoms with Crippen LogP contribution in [0, 0.1) is 0 Å². The van der Waals surface area contributed by atoms with Gasteiger partial charge in [-0.25, -0.2) is 4.68 Å². The van der Waals surface area contributed by atoms with Crippen molar-refractivity contribution in [2.45, 2.75) is 52.0 Å². The van der Waals surface area contributed by atoms with E-state index < -0.39 is 0 Å². The molecule has 0 aromatic carbocycles. The Morgan fingerprint density at radius 1 is 1.27 bits per heavy atom. The molecule has 15 heavy (non-hydrogen) atoms. The number of tetrazole rings is 1. The van der Waals surface area contributed by atoms with Gasteiger partial charge in [0.05, 0.1) is 0 Å². The highest BCUT2D eigenvalue weighted by Crippen LogP contribution is 2.11. The van der Waals surface area contributed by atoms with Crippen LogP contribution in [0.4, 0.5) is 5.95 Å². The number of aromatic nitrogens is 4. The van der Waals surface area contributed by atoms with E-state index in [2.05, 4.69) is 34.7 Å². The second-order valence-electron chi connectivity index (χ2n) is 3.90. The van der Waals surface area contributed by atoms with Gasteiger partial charge in [-0.2, -0.15) is 0 Å². The monoisotopic (exact) mass is 211 g/mol. The first-order valence-electron chi connectivity index (χ1n) is 5.76. The Kier molecular flexibility index (Phi) is 5.07. The number of nitrogens with one attached hydrogen (secondary N) is 1. The van der Waals surface area contributed by atoms with E-state index in [1.165, 1.54) is 32.1 Å². The van der Waals surface area contributed by atoms with Gasteiger partial charge in [-0.15, -0.1) is 0 Å². The van der Waals surface area contributed by atoms with E-state index in [1.807, 2.05) is 7.05 Å². The molecule has 0 spiro atoms. The summed E-state index contributed by atoms with van der Waals surface area (Å²) in [7, 11) is 1.85. The van der Waals surface area contributed by atoms with Crippen LogP contribution in [0.3, 0.4) is 0 Å². The smallest absolute Gasteiger partial charge is 0.242 e. The molecule has 0 aliphatic heterocycles. The van der Waals surface area contributed by atoms with Gasteiger partial charge in [-0.1, -0.05) is 38.2 Å². The highest BCUT2D eigenvalue weighted by Gasteiger charge is 2.10. The topological polar surface area (TPSA) is 55.6 Å². The summed E-state index contributed by atoms with van der Waals surface area (Å²) in [5.74, 6) is 0.768. The summed E-state index contributed by atoms with van der Waals surface area (Å²) in [6.07, 6.45) is 6.04. The average molecular weight is 211 g/mol. The fourth-order valence-corrected chi connectivity index (χ4v) is 1.62. The van der Waals surface area contributed by atoms with Gasteiger partial charge in [0.2, 0.25) is 5.95 Å². The number of nitrogens with zero attached hydrogens (tertiary/aromatic N) is 4. The first-order chi connectivity index (χ1) is 7.27. The number of hydrogen-bond donors (Lipinski definition) is 1. The number of rotatable bonds is 7. The van der Waals surface area contributed by atoms with Crippen molar-refractivity contribution in [1.29, 1.82) is 0 Å². The highest BCUT2D eigenvalue weighted by molar-refractivity contribution is 5.22. The van der Waals surface area contributed by atoms with E-state index in [0.29, 0.717) is 6.04 Å². The van der Waals surface area contributed by atoms with Crippen LogP contribution >= 0.6 is 0 Å². The second kappa shape index (κ2) is 6.37. The zero-order chi connectivity index (χ0) is 11.1. The number of aryl methyl sites for hydroxylation is 1. The summed E-state index contributed by atoms with van der Waals surface area (Å²) >= 11 is 0. The molecule has 0 aliphatic carbocycles. The van der Waals surface area contributed by atoms with Crippen molar-refractivity contribution in [3.8, 4) is 0 Å². The molecule has 1 aromatic heterocycles. The Hall–Kier alpha value is -1.13. The predicted molar refractivity (Wildman–Crippen MR) is 60.6 cm³/mol. The molecule has 0 fully saturated rings. The Balaban J connectivity index is 2.46. The fraction of sp³-hybridized carbons (Fsp3) is 0.900. The van der Waals surface area contributed by atoms with Crippen LogP contribution in [0.25, 0.3) is 0 Å². The van der Waals surface area contributed by atoms with Crippen LogP contribution in [0.5, 0.6) is 0 Å². The maximum Gasteiger partial charge on any atom is 0.242 e. The molecule has 1 rings (SSSR count). The normalized spacial score (nSPS) is 12.7. The lowest BCUT2D eigenvalue weighted by Gasteiger charge is -2.17. The SMILES string of the molecule is CCCCC(CCC)Nc1nnnn1C. The van der Waals surface area contributed by atoms with Crippen molar-refractivity contribution in [2.75, 3.05) is 5.32 Å². The Morgan fingerprint density at radius 3 is 2.60 bits per heavy atom.